The second-order valence-electron chi connectivity index (χ2n) is 6.03. The van der Waals surface area contributed by atoms with Crippen LogP contribution in [0.5, 0.6) is 0 Å². The van der Waals surface area contributed by atoms with Gasteiger partial charge in [-0.25, -0.2) is 0 Å². The fourth-order valence-electron chi connectivity index (χ4n) is 2.60. The number of thiophene rings is 1. The molecule has 2 rings (SSSR count). The van der Waals surface area contributed by atoms with E-state index in [1.165, 1.54) is 0 Å². The molecule has 0 radical (unpaired) electrons. The lowest BCUT2D eigenvalue weighted by atomic mass is 9.85. The second kappa shape index (κ2) is 10.4. The molecule has 0 amide bonds. The molecule has 4 nitrogen and oxygen atoms in total. The summed E-state index contributed by atoms with van der Waals surface area (Å²) in [4.78, 5) is 17.3. The fraction of sp³-hybridized carbons (Fsp3) is 0.556. The predicted octanol–water partition coefficient (Wildman–Crippen LogP) is 4.87. The Hall–Kier alpha value is -0.820. The highest BCUT2D eigenvalue weighted by atomic mass is 35.5. The number of aliphatic hydroxyl groups excluding tert-OH is 1. The van der Waals surface area contributed by atoms with E-state index in [2.05, 4.69) is 10.5 Å². The molecule has 0 spiro atoms. The zero-order valence-electron chi connectivity index (χ0n) is 14.6. The number of nitrogens with zero attached hydrogens (tertiary/aromatic N) is 1. The molecule has 1 unspecified atom stereocenters. The van der Waals surface area contributed by atoms with Crippen LogP contribution in [0, 0.1) is 12.8 Å². The number of thioether (sulfide) groups is 1. The summed E-state index contributed by atoms with van der Waals surface area (Å²) in [7, 11) is 0. The van der Waals surface area contributed by atoms with E-state index >= 15 is 0 Å². The minimum absolute atomic E-state index is 0.156. The molecule has 0 bridgehead atoms. The molecule has 0 saturated carbocycles. The van der Waals surface area contributed by atoms with Gasteiger partial charge < -0.3 is 9.94 Å². The third kappa shape index (κ3) is 6.13. The lowest BCUT2D eigenvalue weighted by Gasteiger charge is -2.20. The van der Waals surface area contributed by atoms with Crippen molar-refractivity contribution in [1.82, 2.24) is 0 Å². The molecule has 1 aliphatic rings. The van der Waals surface area contributed by atoms with E-state index in [4.69, 9.17) is 16.4 Å². The Morgan fingerprint density at radius 1 is 1.56 bits per heavy atom. The number of aliphatic hydroxyl groups is 1. The van der Waals surface area contributed by atoms with Crippen LogP contribution in [0.4, 0.5) is 0 Å². The van der Waals surface area contributed by atoms with Crippen molar-refractivity contribution in [1.29, 1.82) is 0 Å². The highest BCUT2D eigenvalue weighted by molar-refractivity contribution is 8.01. The summed E-state index contributed by atoms with van der Waals surface area (Å²) in [6.07, 6.45) is 4.83. The summed E-state index contributed by atoms with van der Waals surface area (Å²) < 4.78 is 1.16. The van der Waals surface area contributed by atoms with Crippen molar-refractivity contribution in [2.24, 2.45) is 11.1 Å². The molecule has 25 heavy (non-hydrogen) atoms. The van der Waals surface area contributed by atoms with Crippen LogP contribution >= 0.6 is 34.7 Å². The van der Waals surface area contributed by atoms with E-state index in [0.29, 0.717) is 31.1 Å². The lowest BCUT2D eigenvalue weighted by molar-refractivity contribution is -0.116. The van der Waals surface area contributed by atoms with Crippen LogP contribution in [0.1, 0.15) is 38.2 Å². The monoisotopic (exact) mass is 401 g/mol. The number of carbonyl (C=O) groups is 1. The van der Waals surface area contributed by atoms with Gasteiger partial charge in [0.1, 0.15) is 6.61 Å². The summed E-state index contributed by atoms with van der Waals surface area (Å²) >= 11 is 9.71. The lowest BCUT2D eigenvalue weighted by Crippen LogP contribution is -2.19. The van der Waals surface area contributed by atoms with Crippen LogP contribution < -0.4 is 0 Å². The predicted molar refractivity (Wildman–Crippen MR) is 106 cm³/mol. The molecule has 1 N–H and O–H groups in total. The van der Waals surface area contributed by atoms with E-state index < -0.39 is 0 Å². The van der Waals surface area contributed by atoms with Gasteiger partial charge in [-0.15, -0.1) is 23.1 Å². The Balaban J connectivity index is 1.82. The Kier molecular flexibility index (Phi) is 8.49. The van der Waals surface area contributed by atoms with Crippen LogP contribution in [0.3, 0.4) is 0 Å². The third-order valence-electron chi connectivity index (χ3n) is 4.06. The summed E-state index contributed by atoms with van der Waals surface area (Å²) in [5, 5.41) is 16.1. The quantitative estimate of drug-likeness (QED) is 0.364. The maximum absolute atomic E-state index is 12.3. The van der Waals surface area contributed by atoms with E-state index in [9.17, 15) is 9.90 Å². The average molecular weight is 402 g/mol. The number of hydrogen-bond acceptors (Lipinski definition) is 6. The Labute approximate surface area is 162 Å². The van der Waals surface area contributed by atoms with Crippen LogP contribution in [0.15, 0.2) is 26.4 Å². The van der Waals surface area contributed by atoms with E-state index in [1.54, 1.807) is 23.1 Å². The Morgan fingerprint density at radius 3 is 2.96 bits per heavy atom. The zero-order valence-corrected chi connectivity index (χ0v) is 17.0. The first-order valence-corrected chi connectivity index (χ1v) is 10.7. The van der Waals surface area contributed by atoms with Crippen molar-refractivity contribution in [3.63, 3.8) is 0 Å². The number of ketones is 1. The zero-order chi connectivity index (χ0) is 18.2. The molecule has 1 aromatic rings. The Bertz CT molecular complexity index is 655. The van der Waals surface area contributed by atoms with Gasteiger partial charge in [-0.3, -0.25) is 4.79 Å². The molecule has 0 fully saturated rings. The number of oxime groups is 1. The van der Waals surface area contributed by atoms with Crippen LogP contribution in [0.2, 0.25) is 5.02 Å². The SMILES string of the molecule is CCON=C(CO)CC1=CCC(CCSc2scc(C)c2Cl)CC1=O. The highest BCUT2D eigenvalue weighted by Crippen LogP contribution is 2.37. The topological polar surface area (TPSA) is 58.9 Å². The van der Waals surface area contributed by atoms with Gasteiger partial charge in [0.25, 0.3) is 0 Å². The largest absolute Gasteiger partial charge is 0.396 e. The summed E-state index contributed by atoms with van der Waals surface area (Å²) in [6.45, 7) is 4.11. The molecular weight excluding hydrogens is 378 g/mol. The van der Waals surface area contributed by atoms with E-state index in [0.717, 1.165) is 39.0 Å². The summed E-state index contributed by atoms with van der Waals surface area (Å²) in [5.74, 6) is 1.50. The molecule has 0 aromatic carbocycles. The first kappa shape index (κ1) is 20.5. The molecule has 1 heterocycles. The van der Waals surface area contributed by atoms with Crippen molar-refractivity contribution >= 4 is 46.2 Å². The van der Waals surface area contributed by atoms with Crippen molar-refractivity contribution in [2.75, 3.05) is 19.0 Å². The molecule has 1 aromatic heterocycles. The smallest absolute Gasteiger partial charge is 0.159 e. The van der Waals surface area contributed by atoms with Crippen molar-refractivity contribution in [3.05, 3.63) is 27.6 Å². The van der Waals surface area contributed by atoms with Gasteiger partial charge in [-0.2, -0.15) is 0 Å². The maximum atomic E-state index is 12.3. The molecule has 7 heteroatoms. The minimum atomic E-state index is -0.189. The van der Waals surface area contributed by atoms with Crippen molar-refractivity contribution < 1.29 is 14.7 Å². The summed E-state index contributed by atoms with van der Waals surface area (Å²) in [5.41, 5.74) is 2.37. The number of hydrogen-bond donors (Lipinski definition) is 1. The van der Waals surface area contributed by atoms with E-state index in [-0.39, 0.29) is 12.4 Å². The first-order chi connectivity index (χ1) is 12.0. The molecule has 1 atom stereocenters. The number of rotatable bonds is 9. The van der Waals surface area contributed by atoms with Crippen molar-refractivity contribution in [2.45, 2.75) is 43.7 Å². The fourth-order valence-corrected chi connectivity index (χ4v) is 5.28. The number of halogens is 1. The molecule has 1 aliphatic carbocycles. The van der Waals surface area contributed by atoms with Crippen LogP contribution in [-0.4, -0.2) is 35.6 Å². The number of carbonyl (C=O) groups excluding carboxylic acids is 1. The Morgan fingerprint density at radius 2 is 2.36 bits per heavy atom. The maximum Gasteiger partial charge on any atom is 0.159 e. The second-order valence-corrected chi connectivity index (χ2v) is 8.65. The van der Waals surface area contributed by atoms with Gasteiger partial charge in [0.2, 0.25) is 0 Å². The van der Waals surface area contributed by atoms with Gasteiger partial charge >= 0.3 is 0 Å². The third-order valence-corrected chi connectivity index (χ3v) is 7.21. The normalized spacial score (nSPS) is 18.4. The van der Waals surface area contributed by atoms with Crippen LogP contribution in [-0.2, 0) is 9.63 Å². The van der Waals surface area contributed by atoms with Gasteiger partial charge in [0.15, 0.2) is 5.78 Å². The molecule has 138 valence electrons. The van der Waals surface area contributed by atoms with E-state index in [1.807, 2.05) is 19.9 Å². The molecule has 0 saturated heterocycles. The minimum Gasteiger partial charge on any atom is -0.396 e. The average Bonchev–Trinajstić information content (AvgIpc) is 2.92. The van der Waals surface area contributed by atoms with Gasteiger partial charge in [0.05, 0.1) is 21.6 Å². The highest BCUT2D eigenvalue weighted by Gasteiger charge is 2.23. The molecular formula is C18H24ClNO3S2. The number of aryl methyl sites for hydroxylation is 1. The number of Topliss-reactive ketones (excluding diaryl/α,β-unsaturated/α-hetero) is 1. The first-order valence-electron chi connectivity index (χ1n) is 8.42. The van der Waals surface area contributed by atoms with Gasteiger partial charge in [-0.1, -0.05) is 22.8 Å². The van der Waals surface area contributed by atoms with Gasteiger partial charge in [0, 0.05) is 12.8 Å². The van der Waals surface area contributed by atoms with Crippen LogP contribution in [0.25, 0.3) is 0 Å². The number of allylic oxidation sites excluding steroid dienone is 2. The van der Waals surface area contributed by atoms with Gasteiger partial charge in [-0.05, 0) is 54.9 Å². The molecule has 0 aliphatic heterocycles. The summed E-state index contributed by atoms with van der Waals surface area (Å²) in [6, 6.07) is 0. The van der Waals surface area contributed by atoms with Crippen molar-refractivity contribution in [3.8, 4) is 0 Å². The standard InChI is InChI=1S/C18H24ClNO3S2/c1-3-23-20-15(10-21)9-14-5-4-13(8-16(14)22)6-7-24-18-17(19)12(2)11-25-18/h5,11,13,21H,3-4,6-10H2,1-2H3.